The topological polar surface area (TPSA) is 81.8 Å². The number of nitrogens with zero attached hydrogens (tertiary/aromatic N) is 4. The highest BCUT2D eigenvalue weighted by Gasteiger charge is 2.33. The maximum Gasteiger partial charge on any atom is 0.264 e. The fourth-order valence-corrected chi connectivity index (χ4v) is 4.37. The number of hydrogen-bond donors (Lipinski definition) is 1. The molecule has 2 aromatic heterocycles. The minimum atomic E-state index is -0.274. The third kappa shape index (κ3) is 4.31. The van der Waals surface area contributed by atoms with Crippen molar-refractivity contribution in [1.29, 1.82) is 0 Å². The van der Waals surface area contributed by atoms with Gasteiger partial charge in [0.15, 0.2) is 5.65 Å². The summed E-state index contributed by atoms with van der Waals surface area (Å²) in [5.74, 6) is 0.252. The number of benzene rings is 2. The lowest BCUT2D eigenvalue weighted by Crippen LogP contribution is -2.35. The average Bonchev–Trinajstić information content (AvgIpc) is 3.52. The van der Waals surface area contributed by atoms with E-state index in [0.717, 1.165) is 35.2 Å². The lowest BCUT2D eigenvalue weighted by atomic mass is 10.0. The van der Waals surface area contributed by atoms with E-state index in [2.05, 4.69) is 45.7 Å². The Hall–Kier alpha value is -3.74. The minimum absolute atomic E-state index is 0.0298. The Morgan fingerprint density at radius 2 is 1.76 bits per heavy atom. The zero-order chi connectivity index (χ0) is 23.1. The normalized spacial score (nSPS) is 14.4. The van der Waals surface area contributed by atoms with Crippen molar-refractivity contribution in [2.24, 2.45) is 5.92 Å². The molecule has 1 N–H and O–H groups in total. The number of fused-ring (bicyclic) bond motifs is 1. The summed E-state index contributed by atoms with van der Waals surface area (Å²) in [5.41, 5.74) is 5.57. The van der Waals surface area contributed by atoms with E-state index in [1.54, 1.807) is 4.68 Å². The van der Waals surface area contributed by atoms with Gasteiger partial charge in [-0.2, -0.15) is 5.10 Å². The van der Waals surface area contributed by atoms with E-state index in [9.17, 15) is 9.59 Å². The van der Waals surface area contributed by atoms with Gasteiger partial charge in [0.2, 0.25) is 5.91 Å². The maximum atomic E-state index is 13.1. The number of carbonyl (C=O) groups excluding carboxylic acids is 1. The van der Waals surface area contributed by atoms with Crippen molar-refractivity contribution in [2.45, 2.75) is 46.2 Å². The highest BCUT2D eigenvalue weighted by molar-refractivity contribution is 5.78. The predicted molar refractivity (Wildman–Crippen MR) is 127 cm³/mol. The van der Waals surface area contributed by atoms with Gasteiger partial charge in [-0.3, -0.25) is 14.2 Å². The molecule has 1 fully saturated rings. The first-order chi connectivity index (χ1) is 15.9. The second kappa shape index (κ2) is 8.31. The molecule has 0 spiro atoms. The number of hydrogen-bond acceptors (Lipinski definition) is 4. The number of aryl methyl sites for hydroxylation is 3. The molecule has 0 aliphatic heterocycles. The van der Waals surface area contributed by atoms with Crippen molar-refractivity contribution in [3.63, 3.8) is 0 Å². The highest BCUT2D eigenvalue weighted by atomic mass is 16.2. The van der Waals surface area contributed by atoms with Crippen LogP contribution in [0.1, 0.15) is 41.1 Å². The molecular formula is C26H27N5O2. The molecule has 1 aliphatic carbocycles. The monoisotopic (exact) mass is 441 g/mol. The van der Waals surface area contributed by atoms with Crippen LogP contribution in [0.2, 0.25) is 0 Å². The van der Waals surface area contributed by atoms with Crippen LogP contribution in [0.25, 0.3) is 16.7 Å². The SMILES string of the molecule is Cc1ccc(C(NC(=O)Cn2cnc3c(cnn3-c3cc(C)cc(C)c3)c2=O)C2CC2)cc1. The molecule has 1 amide bonds. The lowest BCUT2D eigenvalue weighted by Gasteiger charge is -2.19. The Balaban J connectivity index is 1.39. The first kappa shape index (κ1) is 21.1. The van der Waals surface area contributed by atoms with Crippen LogP contribution in [0.15, 0.2) is 59.8 Å². The Bertz CT molecular complexity index is 1380. The molecule has 168 valence electrons. The first-order valence-corrected chi connectivity index (χ1v) is 11.3. The molecule has 0 radical (unpaired) electrons. The molecule has 1 aliphatic rings. The molecule has 4 aromatic rings. The standard InChI is InChI=1S/C26H27N5O2/c1-16-4-6-19(7-5-16)24(20-8-9-20)29-23(32)14-30-15-27-25-22(26(30)33)13-28-31(25)21-11-17(2)10-18(3)12-21/h4-7,10-13,15,20,24H,8-9,14H2,1-3H3,(H,29,32). The van der Waals surface area contributed by atoms with Crippen LogP contribution >= 0.6 is 0 Å². The van der Waals surface area contributed by atoms with Gasteiger partial charge in [-0.15, -0.1) is 0 Å². The Morgan fingerprint density at radius 1 is 1.06 bits per heavy atom. The summed E-state index contributed by atoms with van der Waals surface area (Å²) in [4.78, 5) is 30.4. The van der Waals surface area contributed by atoms with Gasteiger partial charge >= 0.3 is 0 Å². The third-order valence-electron chi connectivity index (χ3n) is 6.17. The maximum absolute atomic E-state index is 13.1. The number of amides is 1. The summed E-state index contributed by atoms with van der Waals surface area (Å²) in [7, 11) is 0. The first-order valence-electron chi connectivity index (χ1n) is 11.3. The molecule has 7 heteroatoms. The summed E-state index contributed by atoms with van der Waals surface area (Å²) >= 11 is 0. The van der Waals surface area contributed by atoms with Crippen molar-refractivity contribution in [1.82, 2.24) is 24.6 Å². The van der Waals surface area contributed by atoms with Crippen molar-refractivity contribution >= 4 is 16.9 Å². The van der Waals surface area contributed by atoms with Gasteiger partial charge in [-0.25, -0.2) is 9.67 Å². The van der Waals surface area contributed by atoms with Crippen molar-refractivity contribution < 1.29 is 4.79 Å². The van der Waals surface area contributed by atoms with Gasteiger partial charge in [0.05, 0.1) is 17.9 Å². The van der Waals surface area contributed by atoms with Gasteiger partial charge in [0.1, 0.15) is 18.3 Å². The minimum Gasteiger partial charge on any atom is -0.347 e. The third-order valence-corrected chi connectivity index (χ3v) is 6.17. The fourth-order valence-electron chi connectivity index (χ4n) is 4.37. The molecule has 2 heterocycles. The van der Waals surface area contributed by atoms with E-state index in [1.165, 1.54) is 22.7 Å². The van der Waals surface area contributed by atoms with Crippen LogP contribution in [0.4, 0.5) is 0 Å². The van der Waals surface area contributed by atoms with Crippen LogP contribution in [-0.4, -0.2) is 25.2 Å². The zero-order valence-corrected chi connectivity index (χ0v) is 19.1. The van der Waals surface area contributed by atoms with E-state index in [1.807, 2.05) is 32.9 Å². The van der Waals surface area contributed by atoms with E-state index >= 15 is 0 Å². The van der Waals surface area contributed by atoms with Gasteiger partial charge in [-0.05, 0) is 68.4 Å². The number of nitrogens with one attached hydrogen (secondary N) is 1. The summed E-state index contributed by atoms with van der Waals surface area (Å²) in [6.45, 7) is 6.01. The Kier molecular flexibility index (Phi) is 5.32. The quantitative estimate of drug-likeness (QED) is 0.494. The molecular weight excluding hydrogens is 414 g/mol. The Labute approximate surface area is 192 Å². The molecule has 7 nitrogen and oxygen atoms in total. The molecule has 1 unspecified atom stereocenters. The second-order valence-corrected chi connectivity index (χ2v) is 9.11. The molecule has 0 saturated heterocycles. The smallest absolute Gasteiger partial charge is 0.264 e. The second-order valence-electron chi connectivity index (χ2n) is 9.11. The van der Waals surface area contributed by atoms with E-state index < -0.39 is 0 Å². The van der Waals surface area contributed by atoms with Crippen LogP contribution in [-0.2, 0) is 11.3 Å². The number of aromatic nitrogens is 4. The molecule has 1 saturated carbocycles. The largest absolute Gasteiger partial charge is 0.347 e. The van der Waals surface area contributed by atoms with Gasteiger partial charge in [0.25, 0.3) is 5.56 Å². The Morgan fingerprint density at radius 3 is 2.42 bits per heavy atom. The summed E-state index contributed by atoms with van der Waals surface area (Å²) < 4.78 is 3.02. The summed E-state index contributed by atoms with van der Waals surface area (Å²) in [6.07, 6.45) is 5.16. The van der Waals surface area contributed by atoms with Crippen LogP contribution in [0.3, 0.4) is 0 Å². The zero-order valence-electron chi connectivity index (χ0n) is 19.1. The summed E-state index contributed by atoms with van der Waals surface area (Å²) in [6, 6.07) is 14.3. The van der Waals surface area contributed by atoms with E-state index in [-0.39, 0.29) is 24.1 Å². The van der Waals surface area contributed by atoms with Gasteiger partial charge < -0.3 is 5.32 Å². The lowest BCUT2D eigenvalue weighted by molar-refractivity contribution is -0.122. The molecule has 0 bridgehead atoms. The van der Waals surface area contributed by atoms with Gasteiger partial charge in [-0.1, -0.05) is 35.9 Å². The van der Waals surface area contributed by atoms with Gasteiger partial charge in [0, 0.05) is 0 Å². The molecule has 2 aromatic carbocycles. The predicted octanol–water partition coefficient (Wildman–Crippen LogP) is 3.77. The van der Waals surface area contributed by atoms with Crippen molar-refractivity contribution in [2.75, 3.05) is 0 Å². The van der Waals surface area contributed by atoms with Crippen molar-refractivity contribution in [3.05, 3.63) is 87.6 Å². The molecule has 5 rings (SSSR count). The van der Waals surface area contributed by atoms with Crippen LogP contribution in [0, 0.1) is 26.7 Å². The van der Waals surface area contributed by atoms with E-state index in [0.29, 0.717) is 17.0 Å². The number of carbonyl (C=O) groups is 1. The van der Waals surface area contributed by atoms with Crippen molar-refractivity contribution in [3.8, 4) is 5.69 Å². The fraction of sp³-hybridized carbons (Fsp3) is 0.308. The van der Waals surface area contributed by atoms with Crippen LogP contribution in [0.5, 0.6) is 0 Å². The molecule has 33 heavy (non-hydrogen) atoms. The molecule has 1 atom stereocenters. The number of rotatable bonds is 6. The average molecular weight is 442 g/mol. The van der Waals surface area contributed by atoms with E-state index in [4.69, 9.17) is 0 Å². The summed E-state index contributed by atoms with van der Waals surface area (Å²) in [5, 5.41) is 7.92. The highest BCUT2D eigenvalue weighted by Crippen LogP contribution is 2.41. The van der Waals surface area contributed by atoms with Crippen LogP contribution < -0.4 is 10.9 Å².